The maximum atomic E-state index is 12.4. The molecule has 1 unspecified atom stereocenters. The van der Waals surface area contributed by atoms with Crippen molar-refractivity contribution in [1.29, 1.82) is 0 Å². The molecule has 1 saturated heterocycles. The molecule has 1 aliphatic heterocycles. The van der Waals surface area contributed by atoms with Gasteiger partial charge in [-0.15, -0.1) is 0 Å². The maximum Gasteiger partial charge on any atom is 0.401 e. The second-order valence-corrected chi connectivity index (χ2v) is 5.76. The van der Waals surface area contributed by atoms with Crippen LogP contribution in [0.4, 0.5) is 13.2 Å². The van der Waals surface area contributed by atoms with Crippen LogP contribution >= 0.6 is 0 Å². The van der Waals surface area contributed by atoms with Crippen LogP contribution < -0.4 is 10.6 Å². The number of aryl methyl sites for hydroxylation is 1. The Kier molecular flexibility index (Phi) is 5.86. The smallest absolute Gasteiger partial charge is 0.356 e. The van der Waals surface area contributed by atoms with Gasteiger partial charge in [0, 0.05) is 33.4 Å². The largest absolute Gasteiger partial charge is 0.401 e. The van der Waals surface area contributed by atoms with Crippen LogP contribution in [0.5, 0.6) is 0 Å². The van der Waals surface area contributed by atoms with Crippen molar-refractivity contribution in [3.8, 4) is 0 Å². The fourth-order valence-electron chi connectivity index (χ4n) is 2.69. The Labute approximate surface area is 133 Å². The van der Waals surface area contributed by atoms with Gasteiger partial charge in [-0.1, -0.05) is 0 Å². The highest BCUT2D eigenvalue weighted by Crippen LogP contribution is 2.22. The maximum absolute atomic E-state index is 12.4. The summed E-state index contributed by atoms with van der Waals surface area (Å²) in [5.41, 5.74) is 1.02. The predicted octanol–water partition coefficient (Wildman–Crippen LogP) is 0.969. The zero-order chi connectivity index (χ0) is 16.9. The number of nitrogens with one attached hydrogen (secondary N) is 2. The lowest BCUT2D eigenvalue weighted by atomic mass is 10.1. The van der Waals surface area contributed by atoms with Gasteiger partial charge in [0.25, 0.3) is 0 Å². The molecule has 0 bridgehead atoms. The molecular formula is C14H23F3N6. The first-order valence-corrected chi connectivity index (χ1v) is 7.58. The molecule has 1 aromatic rings. The van der Waals surface area contributed by atoms with Crippen LogP contribution in [0.3, 0.4) is 0 Å². The highest BCUT2D eigenvalue weighted by Gasteiger charge is 2.34. The van der Waals surface area contributed by atoms with E-state index in [1.54, 1.807) is 17.9 Å². The summed E-state index contributed by atoms with van der Waals surface area (Å²) in [6, 6.07) is 1.91. The van der Waals surface area contributed by atoms with E-state index >= 15 is 0 Å². The lowest BCUT2D eigenvalue weighted by molar-refractivity contribution is -0.143. The average molecular weight is 332 g/mol. The van der Waals surface area contributed by atoms with Gasteiger partial charge in [-0.3, -0.25) is 14.6 Å². The van der Waals surface area contributed by atoms with Crippen molar-refractivity contribution < 1.29 is 13.2 Å². The van der Waals surface area contributed by atoms with Gasteiger partial charge in [-0.2, -0.15) is 18.3 Å². The minimum atomic E-state index is -4.12. The van der Waals surface area contributed by atoms with Crippen molar-refractivity contribution in [3.63, 3.8) is 0 Å². The first kappa shape index (κ1) is 17.6. The zero-order valence-corrected chi connectivity index (χ0v) is 13.4. The number of guanidine groups is 1. The lowest BCUT2D eigenvalue weighted by Crippen LogP contribution is -2.40. The summed E-state index contributed by atoms with van der Waals surface area (Å²) in [6.45, 7) is 1.33. The van der Waals surface area contributed by atoms with Crippen LogP contribution in [-0.4, -0.2) is 60.0 Å². The molecule has 2 N–H and O–H groups in total. The third-order valence-corrected chi connectivity index (χ3v) is 3.91. The van der Waals surface area contributed by atoms with Crippen LogP contribution in [0.1, 0.15) is 12.1 Å². The molecule has 0 radical (unpaired) electrons. The van der Waals surface area contributed by atoms with Gasteiger partial charge < -0.3 is 10.6 Å². The van der Waals surface area contributed by atoms with E-state index in [-0.39, 0.29) is 5.92 Å². The van der Waals surface area contributed by atoms with Crippen LogP contribution in [0.15, 0.2) is 17.3 Å². The summed E-state index contributed by atoms with van der Waals surface area (Å²) in [6.07, 6.45) is -1.63. The van der Waals surface area contributed by atoms with E-state index in [4.69, 9.17) is 0 Å². The summed E-state index contributed by atoms with van der Waals surface area (Å²) in [5.74, 6) is 0.841. The molecule has 0 saturated carbocycles. The molecule has 2 rings (SSSR count). The van der Waals surface area contributed by atoms with Gasteiger partial charge in [-0.25, -0.2) is 0 Å². The van der Waals surface area contributed by atoms with Crippen molar-refractivity contribution in [2.24, 2.45) is 18.0 Å². The van der Waals surface area contributed by atoms with E-state index in [1.807, 2.05) is 13.1 Å². The van der Waals surface area contributed by atoms with Gasteiger partial charge in [0.15, 0.2) is 5.96 Å². The van der Waals surface area contributed by atoms with Gasteiger partial charge in [0.05, 0.1) is 18.8 Å². The topological polar surface area (TPSA) is 57.5 Å². The molecule has 2 heterocycles. The Morgan fingerprint density at radius 3 is 2.83 bits per heavy atom. The molecule has 6 nitrogen and oxygen atoms in total. The highest BCUT2D eigenvalue weighted by molar-refractivity contribution is 5.79. The highest BCUT2D eigenvalue weighted by atomic mass is 19.4. The normalized spacial score (nSPS) is 20.0. The fraction of sp³-hybridized carbons (Fsp3) is 0.714. The lowest BCUT2D eigenvalue weighted by Gasteiger charge is -2.18. The van der Waals surface area contributed by atoms with Crippen molar-refractivity contribution in [2.45, 2.75) is 19.1 Å². The van der Waals surface area contributed by atoms with Crippen molar-refractivity contribution in [3.05, 3.63) is 18.0 Å². The molecule has 1 aromatic heterocycles. The first-order chi connectivity index (χ1) is 10.9. The first-order valence-electron chi connectivity index (χ1n) is 7.58. The van der Waals surface area contributed by atoms with Gasteiger partial charge in [0.1, 0.15) is 0 Å². The zero-order valence-electron chi connectivity index (χ0n) is 13.4. The predicted molar refractivity (Wildman–Crippen MR) is 82.0 cm³/mol. The molecule has 1 aliphatic rings. The Morgan fingerprint density at radius 1 is 1.43 bits per heavy atom. The Hall–Kier alpha value is -1.77. The average Bonchev–Trinajstić information content (AvgIpc) is 3.07. The van der Waals surface area contributed by atoms with E-state index in [0.717, 1.165) is 12.1 Å². The number of hydrogen-bond donors (Lipinski definition) is 2. The third-order valence-electron chi connectivity index (χ3n) is 3.91. The SMILES string of the molecule is CN=C(NCc1ccnn1C)NCC1CCN(CC(F)(F)F)C1. The van der Waals surface area contributed by atoms with Gasteiger partial charge in [0.2, 0.25) is 0 Å². The molecule has 0 aromatic carbocycles. The number of aliphatic imine (C=N–C) groups is 1. The Morgan fingerprint density at radius 2 is 2.22 bits per heavy atom. The van der Waals surface area contributed by atoms with Gasteiger partial charge >= 0.3 is 6.18 Å². The molecule has 0 spiro atoms. The molecule has 9 heteroatoms. The van der Waals surface area contributed by atoms with E-state index in [0.29, 0.717) is 32.1 Å². The molecule has 1 fully saturated rings. The summed E-state index contributed by atoms with van der Waals surface area (Å²) in [5, 5.41) is 10.4. The fourth-order valence-corrected chi connectivity index (χ4v) is 2.69. The molecule has 23 heavy (non-hydrogen) atoms. The third kappa shape index (κ3) is 5.74. The molecule has 130 valence electrons. The quantitative estimate of drug-likeness (QED) is 0.623. The minimum Gasteiger partial charge on any atom is -0.356 e. The van der Waals surface area contributed by atoms with Gasteiger partial charge in [-0.05, 0) is 24.9 Å². The summed E-state index contributed by atoms with van der Waals surface area (Å²) < 4.78 is 38.9. The monoisotopic (exact) mass is 332 g/mol. The van der Waals surface area contributed by atoms with Crippen LogP contribution in [0.25, 0.3) is 0 Å². The number of aromatic nitrogens is 2. The number of rotatable bonds is 5. The number of halogens is 3. The van der Waals surface area contributed by atoms with Crippen molar-refractivity contribution >= 4 is 5.96 Å². The van der Waals surface area contributed by atoms with E-state index in [9.17, 15) is 13.2 Å². The van der Waals surface area contributed by atoms with Crippen LogP contribution in [0, 0.1) is 5.92 Å². The molecule has 0 amide bonds. The van der Waals surface area contributed by atoms with Crippen LogP contribution in [-0.2, 0) is 13.6 Å². The van der Waals surface area contributed by atoms with E-state index in [2.05, 4.69) is 20.7 Å². The number of likely N-dealkylation sites (tertiary alicyclic amines) is 1. The second kappa shape index (κ2) is 7.67. The standard InChI is InChI=1S/C14H23F3N6/c1-18-13(20-8-12-3-5-21-22(12)2)19-7-11-4-6-23(9-11)10-14(15,16)17/h3,5,11H,4,6-10H2,1-2H3,(H2,18,19,20). The van der Waals surface area contributed by atoms with E-state index in [1.165, 1.54) is 4.90 Å². The molecular weight excluding hydrogens is 309 g/mol. The number of alkyl halides is 3. The summed E-state index contributed by atoms with van der Waals surface area (Å²) in [4.78, 5) is 5.58. The minimum absolute atomic E-state index is 0.201. The second-order valence-electron chi connectivity index (χ2n) is 5.76. The van der Waals surface area contributed by atoms with Crippen LogP contribution in [0.2, 0.25) is 0 Å². The summed E-state index contributed by atoms with van der Waals surface area (Å²) >= 11 is 0. The number of nitrogens with zero attached hydrogens (tertiary/aromatic N) is 4. The number of hydrogen-bond acceptors (Lipinski definition) is 3. The van der Waals surface area contributed by atoms with Crippen molar-refractivity contribution in [1.82, 2.24) is 25.3 Å². The van der Waals surface area contributed by atoms with Crippen molar-refractivity contribution in [2.75, 3.05) is 33.2 Å². The Balaban J connectivity index is 1.71. The Bertz CT molecular complexity index is 525. The van der Waals surface area contributed by atoms with E-state index < -0.39 is 12.7 Å². The molecule has 0 aliphatic carbocycles. The molecule has 1 atom stereocenters. The summed E-state index contributed by atoms with van der Waals surface area (Å²) in [7, 11) is 3.53.